The molecule has 7 nitrogen and oxygen atoms in total. The van der Waals surface area contributed by atoms with E-state index in [1.807, 2.05) is 0 Å². The number of non-ortho nitro benzene ring substituents is 1. The van der Waals surface area contributed by atoms with Gasteiger partial charge in [-0.05, 0) is 36.8 Å². The van der Waals surface area contributed by atoms with Crippen LogP contribution in [0.4, 0.5) is 5.69 Å². The van der Waals surface area contributed by atoms with E-state index in [1.54, 1.807) is 4.90 Å². The molecule has 7 heteroatoms. The Bertz CT molecular complexity index is 658. The van der Waals surface area contributed by atoms with E-state index in [9.17, 15) is 19.7 Å². The summed E-state index contributed by atoms with van der Waals surface area (Å²) in [5, 5.41) is 10.6. The summed E-state index contributed by atoms with van der Waals surface area (Å²) in [6.07, 6.45) is 6.01. The number of piperidine rings is 1. The highest BCUT2D eigenvalue weighted by Gasteiger charge is 2.33. The number of nitrogens with zero attached hydrogens (tertiary/aromatic N) is 2. The first-order valence-electron chi connectivity index (χ1n) is 8.74. The number of carbonyl (C=O) groups is 2. The third kappa shape index (κ3) is 4.15. The number of nitro benzene ring substituents is 1. The van der Waals surface area contributed by atoms with Crippen molar-refractivity contribution >= 4 is 17.6 Å². The molecule has 1 aromatic carbocycles. The summed E-state index contributed by atoms with van der Waals surface area (Å²) < 4.78 is 5.08. The zero-order valence-electron chi connectivity index (χ0n) is 14.1. The van der Waals surface area contributed by atoms with Crippen LogP contribution < -0.4 is 0 Å². The molecule has 25 heavy (non-hydrogen) atoms. The number of likely N-dealkylation sites (tertiary alicyclic amines) is 1. The van der Waals surface area contributed by atoms with Crippen molar-refractivity contribution in [3.05, 3.63) is 39.9 Å². The zero-order valence-corrected chi connectivity index (χ0v) is 14.1. The molecule has 0 aromatic heterocycles. The van der Waals surface area contributed by atoms with E-state index in [4.69, 9.17) is 4.74 Å². The minimum Gasteiger partial charge on any atom is -0.452 e. The van der Waals surface area contributed by atoms with Crippen LogP contribution in [0, 0.1) is 22.0 Å². The molecule has 1 aliphatic carbocycles. The van der Waals surface area contributed by atoms with Gasteiger partial charge in [-0.25, -0.2) is 4.79 Å². The van der Waals surface area contributed by atoms with Crippen LogP contribution >= 0.6 is 0 Å². The highest BCUT2D eigenvalue weighted by atomic mass is 16.6. The van der Waals surface area contributed by atoms with Gasteiger partial charge in [0.05, 0.1) is 10.5 Å². The van der Waals surface area contributed by atoms with Gasteiger partial charge in [-0.3, -0.25) is 14.9 Å². The number of nitro groups is 1. The molecular weight excluding hydrogens is 324 g/mol. The second-order valence-corrected chi connectivity index (χ2v) is 6.81. The van der Waals surface area contributed by atoms with Crippen LogP contribution in [0.5, 0.6) is 0 Å². The fourth-order valence-corrected chi connectivity index (χ4v) is 3.85. The Hall–Kier alpha value is -2.44. The molecule has 1 heterocycles. The van der Waals surface area contributed by atoms with Gasteiger partial charge in [-0.1, -0.05) is 19.3 Å². The van der Waals surface area contributed by atoms with Crippen LogP contribution in [0.3, 0.4) is 0 Å². The van der Waals surface area contributed by atoms with Crippen molar-refractivity contribution in [3.8, 4) is 0 Å². The molecular formula is C18H22N2O5. The van der Waals surface area contributed by atoms with Crippen molar-refractivity contribution in [2.75, 3.05) is 19.7 Å². The minimum atomic E-state index is -0.643. The third-order valence-corrected chi connectivity index (χ3v) is 5.28. The zero-order chi connectivity index (χ0) is 17.8. The lowest BCUT2D eigenvalue weighted by atomic mass is 9.75. The largest absolute Gasteiger partial charge is 0.452 e. The normalized spacial score (nSPS) is 22.8. The molecule has 0 bridgehead atoms. The number of rotatable bonds is 4. The van der Waals surface area contributed by atoms with Gasteiger partial charge < -0.3 is 9.64 Å². The maximum Gasteiger partial charge on any atom is 0.338 e. The van der Waals surface area contributed by atoms with E-state index in [1.165, 1.54) is 49.9 Å². The number of ether oxygens (including phenoxy) is 1. The summed E-state index contributed by atoms with van der Waals surface area (Å²) in [6, 6.07) is 5.15. The summed E-state index contributed by atoms with van der Waals surface area (Å²) >= 11 is 0. The Morgan fingerprint density at radius 2 is 1.80 bits per heavy atom. The Labute approximate surface area is 146 Å². The van der Waals surface area contributed by atoms with Gasteiger partial charge in [0, 0.05) is 25.2 Å². The van der Waals surface area contributed by atoms with Crippen LogP contribution in [0.25, 0.3) is 0 Å². The van der Waals surface area contributed by atoms with Crippen molar-refractivity contribution in [2.45, 2.75) is 32.1 Å². The maximum atomic E-state index is 12.3. The number of hydrogen-bond donors (Lipinski definition) is 0. The van der Waals surface area contributed by atoms with Crippen molar-refractivity contribution < 1.29 is 19.2 Å². The first kappa shape index (κ1) is 17.4. The van der Waals surface area contributed by atoms with E-state index in [2.05, 4.69) is 0 Å². The molecule has 134 valence electrons. The molecule has 1 aliphatic heterocycles. The summed E-state index contributed by atoms with van der Waals surface area (Å²) in [4.78, 5) is 36.2. The molecule has 2 atom stereocenters. The van der Waals surface area contributed by atoms with E-state index in [0.29, 0.717) is 5.92 Å². The smallest absolute Gasteiger partial charge is 0.338 e. The number of fused-ring (bicyclic) bond motifs is 1. The maximum absolute atomic E-state index is 12.3. The van der Waals surface area contributed by atoms with Crippen LogP contribution in [0.15, 0.2) is 24.3 Å². The quantitative estimate of drug-likeness (QED) is 0.475. The Kier molecular flexibility index (Phi) is 5.31. The van der Waals surface area contributed by atoms with E-state index >= 15 is 0 Å². The summed E-state index contributed by atoms with van der Waals surface area (Å²) in [5.41, 5.74) is 0.104. The molecule has 0 radical (unpaired) electrons. The number of hydrogen-bond acceptors (Lipinski definition) is 5. The second kappa shape index (κ2) is 7.63. The highest BCUT2D eigenvalue weighted by molar-refractivity contribution is 5.91. The van der Waals surface area contributed by atoms with Gasteiger partial charge in [0.2, 0.25) is 0 Å². The average molecular weight is 346 g/mol. The fraction of sp³-hybridized carbons (Fsp3) is 0.556. The van der Waals surface area contributed by atoms with Crippen LogP contribution in [0.1, 0.15) is 42.5 Å². The van der Waals surface area contributed by atoms with Gasteiger partial charge >= 0.3 is 5.97 Å². The van der Waals surface area contributed by atoms with Gasteiger partial charge in [-0.15, -0.1) is 0 Å². The first-order chi connectivity index (χ1) is 12.0. The number of benzene rings is 1. The lowest BCUT2D eigenvalue weighted by Gasteiger charge is -2.41. The molecule has 2 aliphatic rings. The van der Waals surface area contributed by atoms with Crippen molar-refractivity contribution in [1.82, 2.24) is 4.90 Å². The summed E-state index contributed by atoms with van der Waals surface area (Å²) in [6.45, 7) is 1.21. The monoisotopic (exact) mass is 346 g/mol. The minimum absolute atomic E-state index is 0.0945. The van der Waals surface area contributed by atoms with Gasteiger partial charge in [0.25, 0.3) is 11.6 Å². The van der Waals surface area contributed by atoms with Crippen molar-refractivity contribution in [3.63, 3.8) is 0 Å². The van der Waals surface area contributed by atoms with Crippen molar-refractivity contribution in [1.29, 1.82) is 0 Å². The van der Waals surface area contributed by atoms with E-state index < -0.39 is 10.9 Å². The molecule has 0 unspecified atom stereocenters. The third-order valence-electron chi connectivity index (χ3n) is 5.28. The molecule has 1 amide bonds. The Balaban J connectivity index is 1.50. The predicted octanol–water partition coefficient (Wildman–Crippen LogP) is 2.79. The Morgan fingerprint density at radius 3 is 2.48 bits per heavy atom. The molecule has 1 aromatic rings. The number of amides is 1. The molecule has 3 rings (SSSR count). The SMILES string of the molecule is O=C(OCC(=O)N1CC[C@@H]2CCCC[C@@H]2C1)c1ccc([N+](=O)[O-])cc1. The average Bonchev–Trinajstić information content (AvgIpc) is 2.65. The number of carbonyl (C=O) groups excluding carboxylic acids is 2. The molecule has 1 saturated heterocycles. The molecule has 0 N–H and O–H groups in total. The molecule has 0 spiro atoms. The lowest BCUT2D eigenvalue weighted by Crippen LogP contribution is -2.46. The second-order valence-electron chi connectivity index (χ2n) is 6.81. The first-order valence-corrected chi connectivity index (χ1v) is 8.74. The van der Waals surface area contributed by atoms with E-state index in [-0.39, 0.29) is 23.8 Å². The topological polar surface area (TPSA) is 89.8 Å². The van der Waals surface area contributed by atoms with Crippen LogP contribution in [-0.2, 0) is 9.53 Å². The Morgan fingerprint density at radius 1 is 1.12 bits per heavy atom. The summed E-state index contributed by atoms with van der Waals surface area (Å²) in [7, 11) is 0. The number of esters is 1. The van der Waals surface area contributed by atoms with Gasteiger partial charge in [0.15, 0.2) is 6.61 Å². The standard InChI is InChI=1S/C18H22N2O5/c21-17(19-10-9-13-3-1-2-4-15(13)11-19)12-25-18(22)14-5-7-16(8-6-14)20(23)24/h5-8,13,15H,1-4,9-12H2/t13-,15+/m0/s1. The van der Waals surface area contributed by atoms with Crippen LogP contribution in [0.2, 0.25) is 0 Å². The van der Waals surface area contributed by atoms with Gasteiger partial charge in [0.1, 0.15) is 0 Å². The lowest BCUT2D eigenvalue weighted by molar-refractivity contribution is -0.384. The highest BCUT2D eigenvalue weighted by Crippen LogP contribution is 2.36. The predicted molar refractivity (Wildman–Crippen MR) is 90.0 cm³/mol. The molecule has 1 saturated carbocycles. The van der Waals surface area contributed by atoms with Gasteiger partial charge in [-0.2, -0.15) is 0 Å². The van der Waals surface area contributed by atoms with E-state index in [0.717, 1.165) is 25.4 Å². The van der Waals surface area contributed by atoms with Crippen LogP contribution in [-0.4, -0.2) is 41.4 Å². The summed E-state index contributed by atoms with van der Waals surface area (Å²) in [5.74, 6) is 0.507. The fourth-order valence-electron chi connectivity index (χ4n) is 3.85. The van der Waals surface area contributed by atoms with Crippen molar-refractivity contribution in [2.24, 2.45) is 11.8 Å². The molecule has 2 fully saturated rings.